The highest BCUT2D eigenvalue weighted by molar-refractivity contribution is 7.47. The molecule has 0 aliphatic carbocycles. The van der Waals surface area contributed by atoms with Gasteiger partial charge in [0.25, 0.3) is 0 Å². The highest BCUT2D eigenvalue weighted by Crippen LogP contribution is 2.43. The molecule has 0 heterocycles. The van der Waals surface area contributed by atoms with Crippen molar-refractivity contribution in [3.63, 3.8) is 0 Å². The molecule has 0 aliphatic rings. The fraction of sp³-hybridized carbons (Fsp3) is 0.800. The Kier molecular flexibility index (Phi) is 44.4. The molecule has 0 aromatic rings. The Morgan fingerprint density at radius 2 is 0.721 bits per heavy atom. The number of hydrogen-bond donors (Lipinski definition) is 3. The molecule has 0 saturated heterocycles. The molecule has 11 heteroatoms. The molecule has 0 aromatic heterocycles. The molecular formula is C50H91O10P. The van der Waals surface area contributed by atoms with E-state index in [4.69, 9.17) is 18.5 Å². The van der Waals surface area contributed by atoms with Gasteiger partial charge < -0.3 is 24.6 Å². The fourth-order valence-corrected chi connectivity index (χ4v) is 7.49. The van der Waals surface area contributed by atoms with Crippen molar-refractivity contribution in [3.8, 4) is 0 Å². The highest BCUT2D eigenvalue weighted by atomic mass is 31.2. The summed E-state index contributed by atoms with van der Waals surface area (Å²) in [7, 11) is -4.64. The van der Waals surface area contributed by atoms with E-state index in [-0.39, 0.29) is 12.8 Å². The second kappa shape index (κ2) is 45.9. The van der Waals surface area contributed by atoms with Crippen LogP contribution in [0.3, 0.4) is 0 Å². The maximum atomic E-state index is 12.4. The molecular weight excluding hydrogens is 792 g/mol. The predicted octanol–water partition coefficient (Wildman–Crippen LogP) is 13.7. The summed E-state index contributed by atoms with van der Waals surface area (Å²) in [4.78, 5) is 34.7. The van der Waals surface area contributed by atoms with Crippen molar-refractivity contribution < 1.29 is 47.8 Å². The van der Waals surface area contributed by atoms with Crippen molar-refractivity contribution in [2.75, 3.05) is 26.4 Å². The molecule has 0 aromatic carbocycles. The minimum absolute atomic E-state index is 0.187. The Morgan fingerprint density at radius 1 is 0.443 bits per heavy atom. The van der Waals surface area contributed by atoms with Gasteiger partial charge in [0.2, 0.25) is 0 Å². The Morgan fingerprint density at radius 3 is 1.02 bits per heavy atom. The number of aliphatic hydroxyl groups is 2. The molecule has 0 fully saturated rings. The normalized spacial score (nSPS) is 14.1. The van der Waals surface area contributed by atoms with E-state index < -0.39 is 58.4 Å². The fourth-order valence-electron chi connectivity index (χ4n) is 6.71. The van der Waals surface area contributed by atoms with Gasteiger partial charge in [-0.05, 0) is 77.0 Å². The first kappa shape index (κ1) is 58.9. The summed E-state index contributed by atoms with van der Waals surface area (Å²) in [6.45, 7) is 2.17. The summed E-state index contributed by atoms with van der Waals surface area (Å²) >= 11 is 0. The van der Waals surface area contributed by atoms with Crippen molar-refractivity contribution in [1.29, 1.82) is 0 Å². The SMILES string of the molecule is CCCCC/C=C\C/C=C\CCCCCCCCCCCC(=O)OC(CO)COP(=O)(O)OCC(CO)OC(=O)CCCCCCCCCCC/C=C\C/C=C\CCCCC. The minimum atomic E-state index is -4.64. The molecule has 0 bridgehead atoms. The molecule has 0 radical (unpaired) electrons. The van der Waals surface area contributed by atoms with Crippen LogP contribution in [0.15, 0.2) is 48.6 Å². The van der Waals surface area contributed by atoms with Gasteiger partial charge in [-0.15, -0.1) is 0 Å². The number of hydrogen-bond acceptors (Lipinski definition) is 9. The van der Waals surface area contributed by atoms with Crippen LogP contribution in [0.5, 0.6) is 0 Å². The van der Waals surface area contributed by atoms with E-state index in [1.807, 2.05) is 0 Å². The standard InChI is InChI=1S/C50H91O10P/c1-3-5-7-9-11-13-15-17-19-21-23-25-27-29-31-33-35-37-39-41-49(53)59-47(43-51)45-57-61(55,56)58-46-48(44-52)60-50(54)42-40-38-36-34-32-30-28-26-24-22-20-18-16-14-12-10-8-6-4-2/h11-14,17-20,47-48,51-52H,3-10,15-16,21-46H2,1-2H3,(H,55,56)/b13-11-,14-12-,19-17-,20-18-. The third-order valence-corrected chi connectivity index (χ3v) is 11.5. The smallest absolute Gasteiger partial charge is 0.457 e. The average Bonchev–Trinajstić information content (AvgIpc) is 3.25. The molecule has 2 atom stereocenters. The number of aliphatic hydroxyl groups excluding tert-OH is 2. The van der Waals surface area contributed by atoms with E-state index in [2.05, 4.69) is 62.5 Å². The third kappa shape index (κ3) is 44.3. The zero-order valence-electron chi connectivity index (χ0n) is 38.9. The molecule has 356 valence electrons. The lowest BCUT2D eigenvalue weighted by molar-refractivity contribution is -0.153. The van der Waals surface area contributed by atoms with E-state index >= 15 is 0 Å². The predicted molar refractivity (Wildman–Crippen MR) is 251 cm³/mol. The second-order valence-corrected chi connectivity index (χ2v) is 17.9. The summed E-state index contributed by atoms with van der Waals surface area (Å²) in [5.74, 6) is -1.02. The topological polar surface area (TPSA) is 149 Å². The van der Waals surface area contributed by atoms with Crippen LogP contribution < -0.4 is 0 Å². The summed E-state index contributed by atoms with van der Waals surface area (Å²) in [6, 6.07) is 0. The number of rotatable bonds is 46. The molecule has 0 amide bonds. The first-order chi connectivity index (χ1) is 29.8. The first-order valence-electron chi connectivity index (χ1n) is 24.6. The van der Waals surface area contributed by atoms with Crippen LogP contribution in [0.25, 0.3) is 0 Å². The van der Waals surface area contributed by atoms with E-state index in [0.717, 1.165) is 64.2 Å². The van der Waals surface area contributed by atoms with Gasteiger partial charge in [0.05, 0.1) is 26.4 Å². The van der Waals surface area contributed by atoms with Gasteiger partial charge in [-0.25, -0.2) is 4.57 Å². The van der Waals surface area contributed by atoms with Crippen LogP contribution in [-0.2, 0) is 32.7 Å². The van der Waals surface area contributed by atoms with Crippen molar-refractivity contribution in [1.82, 2.24) is 0 Å². The van der Waals surface area contributed by atoms with E-state index in [9.17, 15) is 29.3 Å². The number of unbranched alkanes of at least 4 members (excludes halogenated alkanes) is 24. The molecule has 0 rings (SSSR count). The summed E-state index contributed by atoms with van der Waals surface area (Å²) in [5.41, 5.74) is 0. The monoisotopic (exact) mass is 883 g/mol. The zero-order chi connectivity index (χ0) is 44.8. The van der Waals surface area contributed by atoms with Gasteiger partial charge in [0.15, 0.2) is 0 Å². The summed E-state index contributed by atoms with van der Waals surface area (Å²) in [5, 5.41) is 19.2. The molecule has 61 heavy (non-hydrogen) atoms. The highest BCUT2D eigenvalue weighted by Gasteiger charge is 2.27. The first-order valence-corrected chi connectivity index (χ1v) is 26.1. The zero-order valence-corrected chi connectivity index (χ0v) is 39.8. The lowest BCUT2D eigenvalue weighted by Gasteiger charge is -2.20. The van der Waals surface area contributed by atoms with Gasteiger partial charge in [-0.3, -0.25) is 18.6 Å². The lowest BCUT2D eigenvalue weighted by atomic mass is 10.1. The molecule has 0 aliphatic heterocycles. The number of carbonyl (C=O) groups excluding carboxylic acids is 2. The number of phosphoric ester groups is 1. The number of carbonyl (C=O) groups is 2. The molecule has 3 N–H and O–H groups in total. The summed E-state index contributed by atoms with van der Waals surface area (Å²) < 4.78 is 32.7. The maximum Gasteiger partial charge on any atom is 0.472 e. The number of allylic oxidation sites excluding steroid dienone is 8. The molecule has 2 unspecified atom stereocenters. The number of ether oxygens (including phenoxy) is 2. The lowest BCUT2D eigenvalue weighted by Crippen LogP contribution is -2.28. The number of esters is 2. The van der Waals surface area contributed by atoms with Gasteiger partial charge in [0.1, 0.15) is 12.2 Å². The Hall–Kier alpha value is -2.07. The van der Waals surface area contributed by atoms with E-state index in [0.29, 0.717) is 12.8 Å². The van der Waals surface area contributed by atoms with Crippen molar-refractivity contribution in [2.45, 2.75) is 232 Å². The van der Waals surface area contributed by atoms with Crippen molar-refractivity contribution >= 4 is 19.8 Å². The third-order valence-electron chi connectivity index (χ3n) is 10.5. The van der Waals surface area contributed by atoms with Crippen LogP contribution in [0.4, 0.5) is 0 Å². The quantitative estimate of drug-likeness (QED) is 0.0233. The largest absolute Gasteiger partial charge is 0.472 e. The van der Waals surface area contributed by atoms with Gasteiger partial charge in [-0.2, -0.15) is 0 Å². The Bertz CT molecular complexity index is 1070. The second-order valence-electron chi connectivity index (χ2n) is 16.4. The Labute approximate surface area is 373 Å². The van der Waals surface area contributed by atoms with E-state index in [1.54, 1.807) is 0 Å². The van der Waals surface area contributed by atoms with Crippen LogP contribution >= 0.6 is 7.82 Å². The molecule has 10 nitrogen and oxygen atoms in total. The van der Waals surface area contributed by atoms with Crippen LogP contribution in [0.1, 0.15) is 219 Å². The van der Waals surface area contributed by atoms with Crippen LogP contribution in [-0.4, -0.2) is 65.7 Å². The van der Waals surface area contributed by atoms with Crippen LogP contribution in [0.2, 0.25) is 0 Å². The van der Waals surface area contributed by atoms with E-state index in [1.165, 1.54) is 116 Å². The average molecular weight is 883 g/mol. The Balaban J connectivity index is 3.87. The van der Waals surface area contributed by atoms with Crippen LogP contribution in [0, 0.1) is 0 Å². The van der Waals surface area contributed by atoms with Gasteiger partial charge >= 0.3 is 19.8 Å². The minimum Gasteiger partial charge on any atom is -0.457 e. The molecule has 0 spiro atoms. The maximum absolute atomic E-state index is 12.4. The summed E-state index contributed by atoms with van der Waals surface area (Å²) in [6.07, 6.45) is 50.7. The molecule has 0 saturated carbocycles. The van der Waals surface area contributed by atoms with Crippen molar-refractivity contribution in [3.05, 3.63) is 48.6 Å². The number of phosphoric acid groups is 1. The van der Waals surface area contributed by atoms with Gasteiger partial charge in [0, 0.05) is 12.8 Å². The van der Waals surface area contributed by atoms with Crippen molar-refractivity contribution in [2.24, 2.45) is 0 Å². The van der Waals surface area contributed by atoms with Gasteiger partial charge in [-0.1, -0.05) is 178 Å².